The first-order valence-electron chi connectivity index (χ1n) is 9.94. The van der Waals surface area contributed by atoms with Gasteiger partial charge in [0.1, 0.15) is 17.7 Å². The highest BCUT2D eigenvalue weighted by molar-refractivity contribution is 6.09. The summed E-state index contributed by atoms with van der Waals surface area (Å²) < 4.78 is 19.4. The van der Waals surface area contributed by atoms with Gasteiger partial charge < -0.3 is 9.84 Å². The van der Waals surface area contributed by atoms with Gasteiger partial charge >= 0.3 is 5.97 Å². The zero-order valence-electron chi connectivity index (χ0n) is 17.2. The third-order valence-electron chi connectivity index (χ3n) is 4.83. The number of halogens is 1. The average molecular weight is 421 g/mol. The molecule has 0 saturated heterocycles. The first-order valence-corrected chi connectivity index (χ1v) is 9.94. The normalized spacial score (nSPS) is 11.8. The highest BCUT2D eigenvalue weighted by Crippen LogP contribution is 2.26. The van der Waals surface area contributed by atoms with Crippen molar-refractivity contribution in [3.05, 3.63) is 101 Å². The van der Waals surface area contributed by atoms with E-state index in [1.165, 1.54) is 24.3 Å². The number of carbonyl (C=O) groups excluding carboxylic acids is 1. The predicted molar refractivity (Wildman–Crippen MR) is 116 cm³/mol. The summed E-state index contributed by atoms with van der Waals surface area (Å²) in [5.74, 6) is -0.968. The number of benzene rings is 3. The van der Waals surface area contributed by atoms with Crippen LogP contribution in [0.4, 0.5) is 4.39 Å². The van der Waals surface area contributed by atoms with Crippen LogP contribution in [0.15, 0.2) is 78.9 Å². The molecule has 0 fully saturated rings. The largest absolute Gasteiger partial charge is 0.486 e. The predicted octanol–water partition coefficient (Wildman–Crippen LogP) is 4.58. The number of hydrogen-bond acceptors (Lipinski definition) is 4. The van der Waals surface area contributed by atoms with E-state index in [1.54, 1.807) is 36.2 Å². The highest BCUT2D eigenvalue weighted by atomic mass is 19.1. The zero-order valence-corrected chi connectivity index (χ0v) is 17.2. The van der Waals surface area contributed by atoms with E-state index in [9.17, 15) is 14.0 Å². The van der Waals surface area contributed by atoms with Crippen LogP contribution in [0.3, 0.4) is 0 Å². The number of ether oxygens (including phenoxy) is 1. The maximum atomic E-state index is 13.2. The van der Waals surface area contributed by atoms with Gasteiger partial charge in [-0.1, -0.05) is 42.5 Å². The van der Waals surface area contributed by atoms with Crippen LogP contribution in [0.1, 0.15) is 34.0 Å². The van der Waals surface area contributed by atoms with E-state index in [4.69, 9.17) is 9.84 Å². The molecule has 31 heavy (non-hydrogen) atoms. The second-order valence-electron chi connectivity index (χ2n) is 7.30. The molecule has 0 aliphatic carbocycles. The van der Waals surface area contributed by atoms with Gasteiger partial charge in [0.25, 0.3) is 0 Å². The van der Waals surface area contributed by atoms with Gasteiger partial charge in [0.15, 0.2) is 5.78 Å². The van der Waals surface area contributed by atoms with E-state index in [0.29, 0.717) is 29.8 Å². The van der Waals surface area contributed by atoms with Crippen molar-refractivity contribution in [2.75, 3.05) is 20.1 Å². The minimum atomic E-state index is -0.883. The number of hydrogen-bond donors (Lipinski definition) is 1. The maximum absolute atomic E-state index is 13.2. The van der Waals surface area contributed by atoms with E-state index < -0.39 is 11.8 Å². The van der Waals surface area contributed by atoms with Crippen LogP contribution in [0.25, 0.3) is 0 Å². The highest BCUT2D eigenvalue weighted by Gasteiger charge is 2.17. The Bertz CT molecular complexity index is 1020. The SMILES string of the molecule is CN(CCC(Oc1cccc(C(=O)c2ccc(F)cc2)c1)c1ccccc1)CC(=O)O. The molecule has 0 aromatic heterocycles. The van der Waals surface area contributed by atoms with Gasteiger partial charge in [-0.15, -0.1) is 0 Å². The van der Waals surface area contributed by atoms with E-state index in [-0.39, 0.29) is 18.4 Å². The smallest absolute Gasteiger partial charge is 0.317 e. The molecule has 0 heterocycles. The van der Waals surface area contributed by atoms with Gasteiger partial charge in [0, 0.05) is 24.1 Å². The fourth-order valence-electron chi connectivity index (χ4n) is 3.25. The lowest BCUT2D eigenvalue weighted by Crippen LogP contribution is -2.28. The van der Waals surface area contributed by atoms with Crippen molar-refractivity contribution >= 4 is 11.8 Å². The van der Waals surface area contributed by atoms with Crippen LogP contribution in [-0.2, 0) is 4.79 Å². The summed E-state index contributed by atoms with van der Waals surface area (Å²) in [5, 5.41) is 8.97. The standard InChI is InChI=1S/C25H24FNO4/c1-27(17-24(28)29)15-14-23(18-6-3-2-4-7-18)31-22-9-5-8-20(16-22)25(30)19-10-12-21(26)13-11-19/h2-13,16,23H,14-15,17H2,1H3,(H,28,29). The van der Waals surface area contributed by atoms with Gasteiger partial charge in [-0.05, 0) is 49.0 Å². The topological polar surface area (TPSA) is 66.8 Å². The van der Waals surface area contributed by atoms with E-state index in [2.05, 4.69) is 0 Å². The lowest BCUT2D eigenvalue weighted by Gasteiger charge is -2.23. The third-order valence-corrected chi connectivity index (χ3v) is 4.83. The Balaban J connectivity index is 1.77. The minimum Gasteiger partial charge on any atom is -0.486 e. The second-order valence-corrected chi connectivity index (χ2v) is 7.30. The summed E-state index contributed by atoms with van der Waals surface area (Å²) in [4.78, 5) is 25.4. The van der Waals surface area contributed by atoms with Crippen molar-refractivity contribution in [3.63, 3.8) is 0 Å². The molecule has 3 aromatic carbocycles. The second kappa shape index (κ2) is 10.5. The molecule has 0 amide bonds. The molecule has 6 heteroatoms. The van der Waals surface area contributed by atoms with Gasteiger partial charge in [0.05, 0.1) is 6.54 Å². The number of ketones is 1. The van der Waals surface area contributed by atoms with Gasteiger partial charge in [-0.3, -0.25) is 14.5 Å². The van der Waals surface area contributed by atoms with Crippen molar-refractivity contribution in [2.45, 2.75) is 12.5 Å². The molecular weight excluding hydrogens is 397 g/mol. The van der Waals surface area contributed by atoms with E-state index in [1.807, 2.05) is 30.3 Å². The van der Waals surface area contributed by atoms with Gasteiger partial charge in [0.2, 0.25) is 0 Å². The summed E-state index contributed by atoms with van der Waals surface area (Å²) in [6.07, 6.45) is 0.262. The molecule has 160 valence electrons. The van der Waals surface area contributed by atoms with Gasteiger partial charge in [-0.2, -0.15) is 0 Å². The fraction of sp³-hybridized carbons (Fsp3) is 0.200. The van der Waals surface area contributed by atoms with Crippen LogP contribution in [-0.4, -0.2) is 41.9 Å². The first kappa shape index (κ1) is 22.2. The Kier molecular flexibility index (Phi) is 7.51. The minimum absolute atomic E-state index is 0.0524. The molecule has 1 N–H and O–H groups in total. The van der Waals surface area contributed by atoms with Crippen LogP contribution in [0, 0.1) is 5.82 Å². The molecule has 1 atom stereocenters. The molecule has 0 saturated carbocycles. The van der Waals surface area contributed by atoms with Crippen LogP contribution >= 0.6 is 0 Å². The van der Waals surface area contributed by atoms with Crippen molar-refractivity contribution in [1.82, 2.24) is 4.90 Å². The van der Waals surface area contributed by atoms with Crippen LogP contribution in [0.5, 0.6) is 5.75 Å². The summed E-state index contributed by atoms with van der Waals surface area (Å²) in [5.41, 5.74) is 1.80. The Hall–Kier alpha value is -3.51. The van der Waals surface area contributed by atoms with Crippen LogP contribution in [0.2, 0.25) is 0 Å². The van der Waals surface area contributed by atoms with Crippen molar-refractivity contribution in [1.29, 1.82) is 0 Å². The zero-order chi connectivity index (χ0) is 22.2. The lowest BCUT2D eigenvalue weighted by molar-refractivity contribution is -0.138. The molecule has 0 aliphatic heterocycles. The Morgan fingerprint density at radius 1 is 0.968 bits per heavy atom. The quantitative estimate of drug-likeness (QED) is 0.485. The Morgan fingerprint density at radius 3 is 2.35 bits per heavy atom. The molecule has 1 unspecified atom stereocenters. The number of carboxylic acids is 1. The van der Waals surface area contributed by atoms with Crippen molar-refractivity contribution < 1.29 is 23.8 Å². The summed E-state index contributed by atoms with van der Waals surface area (Å²) >= 11 is 0. The maximum Gasteiger partial charge on any atom is 0.317 e. The number of aliphatic carboxylic acids is 1. The van der Waals surface area contributed by atoms with Crippen LogP contribution < -0.4 is 4.74 Å². The van der Waals surface area contributed by atoms with E-state index in [0.717, 1.165) is 5.56 Å². The molecular formula is C25H24FNO4. The third kappa shape index (κ3) is 6.49. The molecule has 0 radical (unpaired) electrons. The number of rotatable bonds is 10. The lowest BCUT2D eigenvalue weighted by atomic mass is 10.0. The molecule has 0 spiro atoms. The van der Waals surface area contributed by atoms with Crippen molar-refractivity contribution in [3.8, 4) is 5.75 Å². The number of carboxylic acid groups (broad SMARTS) is 1. The Morgan fingerprint density at radius 2 is 1.68 bits per heavy atom. The van der Waals surface area contributed by atoms with Gasteiger partial charge in [-0.25, -0.2) is 4.39 Å². The monoisotopic (exact) mass is 421 g/mol. The molecule has 3 aromatic rings. The first-order chi connectivity index (χ1) is 14.9. The number of nitrogens with zero attached hydrogens (tertiary/aromatic N) is 1. The van der Waals surface area contributed by atoms with E-state index >= 15 is 0 Å². The van der Waals surface area contributed by atoms with Crippen molar-refractivity contribution in [2.24, 2.45) is 0 Å². The molecule has 0 aliphatic rings. The summed E-state index contributed by atoms with van der Waals surface area (Å²) in [6, 6.07) is 22.0. The molecule has 0 bridgehead atoms. The number of carbonyl (C=O) groups is 2. The average Bonchev–Trinajstić information content (AvgIpc) is 2.77. The number of likely N-dealkylation sites (N-methyl/N-ethyl adjacent to an activating group) is 1. The Labute approximate surface area is 180 Å². The summed E-state index contributed by atoms with van der Waals surface area (Å²) in [6.45, 7) is 0.475. The fourth-order valence-corrected chi connectivity index (χ4v) is 3.25. The summed E-state index contributed by atoms with van der Waals surface area (Å²) in [7, 11) is 1.75. The molecule has 3 rings (SSSR count). The molecule has 5 nitrogen and oxygen atoms in total.